The molecule has 11 heteroatoms. The maximum atomic E-state index is 12.7. The van der Waals surface area contributed by atoms with Crippen LogP contribution >= 0.6 is 11.6 Å². The molecule has 138 valence electrons. The van der Waals surface area contributed by atoms with Crippen LogP contribution in [-0.4, -0.2) is 57.9 Å². The Balaban J connectivity index is 1.92. The number of nitrogens with one attached hydrogen (secondary N) is 2. The Kier molecular flexibility index (Phi) is 6.33. The fourth-order valence-electron chi connectivity index (χ4n) is 2.17. The minimum Gasteiger partial charge on any atom is -0.383 e. The number of hydrogen-bond donors (Lipinski definition) is 2. The van der Waals surface area contributed by atoms with Crippen molar-refractivity contribution in [2.24, 2.45) is 5.92 Å². The summed E-state index contributed by atoms with van der Waals surface area (Å²) >= 11 is 6.05. The highest BCUT2D eigenvalue weighted by Crippen LogP contribution is 2.24. The SMILES string of the molecule is COCCNC(=O)c1ccc(NC(=O)C2CN(S(=O)(=O)F)C2)cc1Cl. The van der Waals surface area contributed by atoms with Crippen molar-refractivity contribution in [3.63, 3.8) is 0 Å². The molecule has 1 aliphatic rings. The summed E-state index contributed by atoms with van der Waals surface area (Å²) in [5.41, 5.74) is 0.596. The quantitative estimate of drug-likeness (QED) is 0.526. The molecule has 0 radical (unpaired) electrons. The smallest absolute Gasteiger partial charge is 0.374 e. The Morgan fingerprint density at radius 2 is 2.08 bits per heavy atom. The lowest BCUT2D eigenvalue weighted by molar-refractivity contribution is -0.122. The van der Waals surface area contributed by atoms with Crippen LogP contribution in [0, 0.1) is 5.92 Å². The summed E-state index contributed by atoms with van der Waals surface area (Å²) in [6, 6.07) is 4.36. The Morgan fingerprint density at radius 1 is 1.40 bits per heavy atom. The molecular formula is C14H17ClFN3O5S. The average molecular weight is 394 g/mol. The van der Waals surface area contributed by atoms with Gasteiger partial charge in [-0.05, 0) is 18.2 Å². The van der Waals surface area contributed by atoms with Gasteiger partial charge in [-0.25, -0.2) is 0 Å². The first-order valence-corrected chi connectivity index (χ1v) is 9.01. The first kappa shape index (κ1) is 19.6. The maximum Gasteiger partial charge on any atom is 0.374 e. The van der Waals surface area contributed by atoms with Gasteiger partial charge in [-0.15, -0.1) is 0 Å². The summed E-state index contributed by atoms with van der Waals surface area (Å²) in [5.74, 6) is -1.46. The highest BCUT2D eigenvalue weighted by molar-refractivity contribution is 7.84. The van der Waals surface area contributed by atoms with E-state index in [-0.39, 0.29) is 29.6 Å². The third-order valence-corrected chi connectivity index (χ3v) is 4.83. The zero-order valence-electron chi connectivity index (χ0n) is 13.3. The van der Waals surface area contributed by atoms with E-state index in [0.29, 0.717) is 23.1 Å². The van der Waals surface area contributed by atoms with E-state index in [2.05, 4.69) is 10.6 Å². The molecule has 1 aromatic rings. The van der Waals surface area contributed by atoms with Gasteiger partial charge in [-0.2, -0.15) is 12.7 Å². The zero-order valence-corrected chi connectivity index (χ0v) is 14.9. The Hall–Kier alpha value is -1.75. The zero-order chi connectivity index (χ0) is 18.6. The molecule has 1 heterocycles. The molecule has 0 unspecified atom stereocenters. The number of amides is 2. The molecule has 2 N–H and O–H groups in total. The molecule has 1 fully saturated rings. The number of halogens is 2. The Morgan fingerprint density at radius 3 is 2.64 bits per heavy atom. The van der Waals surface area contributed by atoms with Crippen molar-refractivity contribution in [2.75, 3.05) is 38.7 Å². The molecule has 25 heavy (non-hydrogen) atoms. The van der Waals surface area contributed by atoms with Crippen molar-refractivity contribution in [1.82, 2.24) is 9.62 Å². The summed E-state index contributed by atoms with van der Waals surface area (Å²) in [5, 5.41) is 5.33. The first-order valence-electron chi connectivity index (χ1n) is 7.29. The van der Waals surface area contributed by atoms with E-state index in [9.17, 15) is 21.9 Å². The van der Waals surface area contributed by atoms with Gasteiger partial charge in [0.25, 0.3) is 5.91 Å². The minimum absolute atomic E-state index is 0.147. The van der Waals surface area contributed by atoms with E-state index in [0.717, 1.165) is 0 Å². The standard InChI is InChI=1S/C14H17ClFN3O5S/c1-24-5-4-17-14(21)11-3-2-10(6-12(11)15)18-13(20)9-7-19(8-9)25(16,22)23/h2-3,6,9H,4-5,7-8H2,1H3,(H,17,21)(H,18,20). The molecule has 0 atom stereocenters. The fourth-order valence-corrected chi connectivity index (χ4v) is 3.15. The first-order chi connectivity index (χ1) is 11.7. The van der Waals surface area contributed by atoms with E-state index in [4.69, 9.17) is 16.3 Å². The van der Waals surface area contributed by atoms with Crippen LogP contribution in [0.4, 0.5) is 9.57 Å². The van der Waals surface area contributed by atoms with Gasteiger partial charge < -0.3 is 15.4 Å². The number of rotatable bonds is 7. The van der Waals surface area contributed by atoms with E-state index >= 15 is 0 Å². The molecule has 0 aromatic heterocycles. The number of ether oxygens (including phenoxy) is 1. The number of anilines is 1. The minimum atomic E-state index is -4.76. The summed E-state index contributed by atoms with van der Waals surface area (Å²) < 4.78 is 39.4. The second-order valence-corrected chi connectivity index (χ2v) is 7.14. The van der Waals surface area contributed by atoms with E-state index in [1.165, 1.54) is 25.3 Å². The molecule has 2 amide bonds. The van der Waals surface area contributed by atoms with Gasteiger partial charge >= 0.3 is 10.4 Å². The van der Waals surface area contributed by atoms with Crippen LogP contribution in [0.1, 0.15) is 10.4 Å². The lowest BCUT2D eigenvalue weighted by Crippen LogP contribution is -2.53. The largest absolute Gasteiger partial charge is 0.383 e. The van der Waals surface area contributed by atoms with Crippen molar-refractivity contribution in [1.29, 1.82) is 0 Å². The number of benzene rings is 1. The van der Waals surface area contributed by atoms with Gasteiger partial charge in [0.05, 0.1) is 23.1 Å². The molecule has 1 aromatic carbocycles. The lowest BCUT2D eigenvalue weighted by atomic mass is 10.0. The fraction of sp³-hybridized carbons (Fsp3) is 0.429. The number of carbonyl (C=O) groups excluding carboxylic acids is 2. The third kappa shape index (κ3) is 5.11. The van der Waals surface area contributed by atoms with Crippen molar-refractivity contribution in [2.45, 2.75) is 0 Å². The summed E-state index contributed by atoms with van der Waals surface area (Å²) in [4.78, 5) is 23.9. The van der Waals surface area contributed by atoms with Gasteiger partial charge in [0, 0.05) is 32.4 Å². The molecule has 0 saturated carbocycles. The summed E-state index contributed by atoms with van der Waals surface area (Å²) in [7, 11) is -3.24. The molecular weight excluding hydrogens is 377 g/mol. The van der Waals surface area contributed by atoms with Gasteiger partial charge in [0.1, 0.15) is 0 Å². The van der Waals surface area contributed by atoms with Crippen LogP contribution in [-0.2, 0) is 19.9 Å². The van der Waals surface area contributed by atoms with Crippen molar-refractivity contribution in [3.05, 3.63) is 28.8 Å². The second-order valence-electron chi connectivity index (χ2n) is 5.39. The topological polar surface area (TPSA) is 105 Å². The van der Waals surface area contributed by atoms with Crippen LogP contribution < -0.4 is 10.6 Å². The van der Waals surface area contributed by atoms with Crippen molar-refractivity contribution >= 4 is 39.5 Å². The van der Waals surface area contributed by atoms with Gasteiger partial charge in [-0.1, -0.05) is 15.5 Å². The second kappa shape index (κ2) is 8.09. The normalized spacial score (nSPS) is 15.5. The summed E-state index contributed by atoms with van der Waals surface area (Å²) in [6.45, 7) is 0.279. The van der Waals surface area contributed by atoms with Crippen molar-refractivity contribution < 1.29 is 26.6 Å². The predicted octanol–water partition coefficient (Wildman–Crippen LogP) is 0.801. The lowest BCUT2D eigenvalue weighted by Gasteiger charge is -2.34. The highest BCUT2D eigenvalue weighted by atomic mass is 35.5. The maximum absolute atomic E-state index is 12.7. The highest BCUT2D eigenvalue weighted by Gasteiger charge is 2.39. The number of hydrogen-bond acceptors (Lipinski definition) is 5. The Labute approximate surface area is 149 Å². The number of methoxy groups -OCH3 is 1. The average Bonchev–Trinajstić information content (AvgIpc) is 2.44. The van der Waals surface area contributed by atoms with Crippen LogP contribution in [0.2, 0.25) is 5.02 Å². The summed E-state index contributed by atoms with van der Waals surface area (Å²) in [6.07, 6.45) is 0. The number of carbonyl (C=O) groups is 2. The van der Waals surface area contributed by atoms with Crippen LogP contribution in [0.3, 0.4) is 0 Å². The van der Waals surface area contributed by atoms with Crippen LogP contribution in [0.15, 0.2) is 18.2 Å². The molecule has 1 aliphatic heterocycles. The molecule has 1 saturated heterocycles. The molecule has 0 aliphatic carbocycles. The predicted molar refractivity (Wildman–Crippen MR) is 89.4 cm³/mol. The monoisotopic (exact) mass is 393 g/mol. The van der Waals surface area contributed by atoms with E-state index in [1.807, 2.05) is 0 Å². The molecule has 0 spiro atoms. The molecule has 8 nitrogen and oxygen atoms in total. The van der Waals surface area contributed by atoms with Crippen LogP contribution in [0.25, 0.3) is 0 Å². The van der Waals surface area contributed by atoms with Crippen molar-refractivity contribution in [3.8, 4) is 0 Å². The number of nitrogens with zero attached hydrogens (tertiary/aromatic N) is 1. The van der Waals surface area contributed by atoms with Gasteiger partial charge in [-0.3, -0.25) is 9.59 Å². The van der Waals surface area contributed by atoms with Crippen LogP contribution in [0.5, 0.6) is 0 Å². The third-order valence-electron chi connectivity index (χ3n) is 3.60. The van der Waals surface area contributed by atoms with Gasteiger partial charge in [0.2, 0.25) is 5.91 Å². The van der Waals surface area contributed by atoms with E-state index in [1.54, 1.807) is 0 Å². The molecule has 0 bridgehead atoms. The molecule has 2 rings (SSSR count). The Bertz CT molecular complexity index is 768. The van der Waals surface area contributed by atoms with E-state index < -0.39 is 22.2 Å². The van der Waals surface area contributed by atoms with Gasteiger partial charge in [0.15, 0.2) is 0 Å².